The average molecular weight is 459 g/mol. The molecule has 0 aliphatic rings. The van der Waals surface area contributed by atoms with Crippen LogP contribution < -0.4 is 10.6 Å². The van der Waals surface area contributed by atoms with Gasteiger partial charge in [0, 0.05) is 44.1 Å². The van der Waals surface area contributed by atoms with Gasteiger partial charge in [-0.05, 0) is 18.2 Å². The Morgan fingerprint density at radius 3 is 2.83 bits per heavy atom. The maximum absolute atomic E-state index is 11.8. The van der Waals surface area contributed by atoms with Gasteiger partial charge < -0.3 is 15.4 Å². The Morgan fingerprint density at radius 1 is 1.29 bits per heavy atom. The number of ether oxygens (including phenoxy) is 1. The molecule has 1 amide bonds. The summed E-state index contributed by atoms with van der Waals surface area (Å²) >= 11 is 5.09. The summed E-state index contributed by atoms with van der Waals surface area (Å²) in [6.07, 6.45) is 1.15. The maximum Gasteiger partial charge on any atom is 0.220 e. The molecule has 0 saturated carbocycles. The minimum Gasteiger partial charge on any atom is -0.383 e. The summed E-state index contributed by atoms with van der Waals surface area (Å²) in [6, 6.07) is 6.06. The highest BCUT2D eigenvalue weighted by atomic mass is 79.9. The predicted octanol–water partition coefficient (Wildman–Crippen LogP) is 3.19. The van der Waals surface area contributed by atoms with Gasteiger partial charge in [-0.1, -0.05) is 15.9 Å². The van der Waals surface area contributed by atoms with Gasteiger partial charge in [0.2, 0.25) is 5.91 Å². The molecule has 0 saturated heterocycles. The minimum absolute atomic E-state index is 0. The number of carbonyl (C=O) groups is 1. The smallest absolute Gasteiger partial charge is 0.220 e. The number of halogens is 3. The van der Waals surface area contributed by atoms with Gasteiger partial charge in [-0.2, -0.15) is 0 Å². The number of aromatic nitrogens is 1. The fourth-order valence-electron chi connectivity index (χ4n) is 1.95. The lowest BCUT2D eigenvalue weighted by Gasteiger charge is -2.05. The topological polar surface area (TPSA) is 63.2 Å². The third-order valence-corrected chi connectivity index (χ3v) is 4.66. The number of nitrogens with one attached hydrogen (secondary N) is 2. The van der Waals surface area contributed by atoms with Gasteiger partial charge in [-0.3, -0.25) is 4.79 Å². The molecule has 0 fully saturated rings. The molecule has 2 aromatic rings. The molecule has 0 aliphatic carbocycles. The SMILES string of the molecule is COCCNCCNC(=O)CCc1nc2cc(Br)ccc2s1.Cl.Cl. The van der Waals surface area contributed by atoms with Crippen LogP contribution in [0.2, 0.25) is 0 Å². The van der Waals surface area contributed by atoms with Gasteiger partial charge in [0.15, 0.2) is 0 Å². The van der Waals surface area contributed by atoms with Crippen molar-refractivity contribution in [3.8, 4) is 0 Å². The van der Waals surface area contributed by atoms with Crippen LogP contribution in [0.5, 0.6) is 0 Å². The molecule has 1 heterocycles. The Kier molecular flexibility index (Phi) is 12.6. The second-order valence-corrected chi connectivity index (χ2v) is 6.84. The standard InChI is InChI=1S/C15H20BrN3O2S.2ClH/c1-21-9-8-17-6-7-18-14(20)4-5-15-19-12-10-11(16)2-3-13(12)22-15;;/h2-3,10,17H,4-9H2,1H3,(H,18,20);2*1H. The summed E-state index contributed by atoms with van der Waals surface area (Å²) in [6.45, 7) is 2.87. The third kappa shape index (κ3) is 8.09. The molecule has 136 valence electrons. The average Bonchev–Trinajstić information content (AvgIpc) is 2.90. The number of thiazole rings is 1. The molecule has 0 bridgehead atoms. The van der Waals surface area contributed by atoms with Crippen molar-refractivity contribution in [3.63, 3.8) is 0 Å². The molecule has 0 aliphatic heterocycles. The molecule has 0 unspecified atom stereocenters. The molecule has 5 nitrogen and oxygen atoms in total. The van der Waals surface area contributed by atoms with Crippen molar-refractivity contribution in [2.45, 2.75) is 12.8 Å². The van der Waals surface area contributed by atoms with Crippen molar-refractivity contribution in [1.29, 1.82) is 0 Å². The first-order chi connectivity index (χ1) is 10.7. The van der Waals surface area contributed by atoms with E-state index in [1.54, 1.807) is 18.4 Å². The number of rotatable bonds is 9. The summed E-state index contributed by atoms with van der Waals surface area (Å²) in [5, 5.41) is 7.09. The van der Waals surface area contributed by atoms with E-state index < -0.39 is 0 Å². The number of aryl methyl sites for hydroxylation is 1. The van der Waals surface area contributed by atoms with E-state index in [0.29, 0.717) is 26.0 Å². The van der Waals surface area contributed by atoms with E-state index >= 15 is 0 Å². The Balaban J connectivity index is 0.00000264. The molecule has 1 aromatic carbocycles. The summed E-state index contributed by atoms with van der Waals surface area (Å²) in [4.78, 5) is 16.3. The zero-order valence-electron chi connectivity index (χ0n) is 13.3. The van der Waals surface area contributed by atoms with Gasteiger partial charge >= 0.3 is 0 Å². The second kappa shape index (κ2) is 12.9. The highest BCUT2D eigenvalue weighted by molar-refractivity contribution is 9.10. The van der Waals surface area contributed by atoms with Crippen molar-refractivity contribution in [2.24, 2.45) is 0 Å². The van der Waals surface area contributed by atoms with Gasteiger partial charge in [0.25, 0.3) is 0 Å². The zero-order chi connectivity index (χ0) is 15.8. The molecule has 24 heavy (non-hydrogen) atoms. The number of hydrogen-bond acceptors (Lipinski definition) is 5. The Labute approximate surface area is 166 Å². The second-order valence-electron chi connectivity index (χ2n) is 4.81. The number of hydrogen-bond donors (Lipinski definition) is 2. The van der Waals surface area contributed by atoms with Crippen LogP contribution in [0.4, 0.5) is 0 Å². The number of nitrogens with zero attached hydrogens (tertiary/aromatic N) is 1. The van der Waals surface area contributed by atoms with Gasteiger partial charge in [0.05, 0.1) is 21.8 Å². The van der Waals surface area contributed by atoms with E-state index in [0.717, 1.165) is 32.8 Å². The van der Waals surface area contributed by atoms with Crippen LogP contribution in [0, 0.1) is 0 Å². The third-order valence-electron chi connectivity index (χ3n) is 3.07. The summed E-state index contributed by atoms with van der Waals surface area (Å²) in [5.74, 6) is 0.0639. The largest absolute Gasteiger partial charge is 0.383 e. The molecule has 0 radical (unpaired) electrons. The van der Waals surface area contributed by atoms with Crippen molar-refractivity contribution in [2.75, 3.05) is 33.4 Å². The monoisotopic (exact) mass is 457 g/mol. The lowest BCUT2D eigenvalue weighted by molar-refractivity contribution is -0.121. The van der Waals surface area contributed by atoms with Gasteiger partial charge in [-0.15, -0.1) is 36.2 Å². The quantitative estimate of drug-likeness (QED) is 0.566. The van der Waals surface area contributed by atoms with Crippen LogP contribution >= 0.6 is 52.1 Å². The van der Waals surface area contributed by atoms with Crippen molar-refractivity contribution < 1.29 is 9.53 Å². The van der Waals surface area contributed by atoms with Gasteiger partial charge in [-0.25, -0.2) is 4.98 Å². The molecule has 1 aromatic heterocycles. The van der Waals surface area contributed by atoms with E-state index in [9.17, 15) is 4.79 Å². The first-order valence-electron chi connectivity index (χ1n) is 7.20. The molecule has 0 atom stereocenters. The van der Waals surface area contributed by atoms with Crippen LogP contribution in [0.1, 0.15) is 11.4 Å². The summed E-state index contributed by atoms with van der Waals surface area (Å²) in [7, 11) is 1.67. The van der Waals surface area contributed by atoms with Crippen molar-refractivity contribution in [1.82, 2.24) is 15.6 Å². The van der Waals surface area contributed by atoms with E-state index in [-0.39, 0.29) is 30.7 Å². The van der Waals surface area contributed by atoms with E-state index in [1.807, 2.05) is 18.2 Å². The number of carbonyl (C=O) groups excluding carboxylic acids is 1. The molecule has 2 N–H and O–H groups in total. The van der Waals surface area contributed by atoms with Gasteiger partial charge in [0.1, 0.15) is 0 Å². The maximum atomic E-state index is 11.8. The van der Waals surface area contributed by atoms with E-state index in [4.69, 9.17) is 4.74 Å². The van der Waals surface area contributed by atoms with Crippen LogP contribution in [-0.2, 0) is 16.0 Å². The number of fused-ring (bicyclic) bond motifs is 1. The van der Waals surface area contributed by atoms with Crippen LogP contribution in [0.25, 0.3) is 10.2 Å². The molecular weight excluding hydrogens is 437 g/mol. The first-order valence-corrected chi connectivity index (χ1v) is 8.81. The lowest BCUT2D eigenvalue weighted by atomic mass is 10.3. The summed E-state index contributed by atoms with van der Waals surface area (Å²) in [5.41, 5.74) is 0.983. The highest BCUT2D eigenvalue weighted by Crippen LogP contribution is 2.25. The van der Waals surface area contributed by atoms with Crippen LogP contribution in [0.15, 0.2) is 22.7 Å². The fraction of sp³-hybridized carbons (Fsp3) is 0.467. The lowest BCUT2D eigenvalue weighted by Crippen LogP contribution is -2.33. The molecular formula is C15H22BrCl2N3O2S. The summed E-state index contributed by atoms with van der Waals surface area (Å²) < 4.78 is 7.11. The number of benzene rings is 1. The van der Waals surface area contributed by atoms with Crippen molar-refractivity contribution >= 4 is 68.2 Å². The molecule has 9 heteroatoms. The number of methoxy groups -OCH3 is 1. The molecule has 2 rings (SSSR count). The Bertz CT molecular complexity index is 628. The van der Waals surface area contributed by atoms with Crippen LogP contribution in [0.3, 0.4) is 0 Å². The van der Waals surface area contributed by atoms with Crippen LogP contribution in [-0.4, -0.2) is 44.2 Å². The Hall–Kier alpha value is -0.440. The fourth-order valence-corrected chi connectivity index (χ4v) is 3.25. The Morgan fingerprint density at radius 2 is 2.08 bits per heavy atom. The predicted molar refractivity (Wildman–Crippen MR) is 108 cm³/mol. The van der Waals surface area contributed by atoms with Crippen molar-refractivity contribution in [3.05, 3.63) is 27.7 Å². The van der Waals surface area contributed by atoms with E-state index in [2.05, 4.69) is 31.5 Å². The zero-order valence-corrected chi connectivity index (χ0v) is 17.4. The van der Waals surface area contributed by atoms with E-state index in [1.165, 1.54) is 0 Å². The highest BCUT2D eigenvalue weighted by Gasteiger charge is 2.07. The minimum atomic E-state index is 0. The first kappa shape index (κ1) is 23.6. The normalized spacial score (nSPS) is 10.1. The molecule has 0 spiro atoms. The number of amides is 1.